The number of carbonyl (C=O) groups is 1. The Kier molecular flexibility index (Phi) is 3.80. The molecule has 1 heterocycles. The smallest absolute Gasteiger partial charge is 0.172 e. The first kappa shape index (κ1) is 11.6. The van der Waals surface area contributed by atoms with Crippen LogP contribution in [0.2, 0.25) is 0 Å². The largest absolute Gasteiger partial charge is 0.293 e. The van der Waals surface area contributed by atoms with E-state index in [4.69, 9.17) is 0 Å². The first-order chi connectivity index (χ1) is 7.20. The Balaban J connectivity index is 2.04. The third-order valence-electron chi connectivity index (χ3n) is 2.37. The molecule has 1 aliphatic rings. The summed E-state index contributed by atoms with van der Waals surface area (Å²) in [5.41, 5.74) is 0.848. The Morgan fingerprint density at radius 1 is 1.40 bits per heavy atom. The Morgan fingerprint density at radius 3 is 2.73 bits per heavy atom. The van der Waals surface area contributed by atoms with E-state index in [0.29, 0.717) is 5.75 Å². The van der Waals surface area contributed by atoms with Gasteiger partial charge in [-0.3, -0.25) is 4.79 Å². The van der Waals surface area contributed by atoms with Gasteiger partial charge in [0.25, 0.3) is 0 Å². The summed E-state index contributed by atoms with van der Waals surface area (Å²) >= 11 is 5.74. The molecule has 0 aliphatic carbocycles. The zero-order chi connectivity index (χ0) is 10.7. The maximum atomic E-state index is 12.0. The maximum Gasteiger partial charge on any atom is 0.172 e. The minimum atomic E-state index is -0.825. The zero-order valence-corrected chi connectivity index (χ0v) is 11.5. The van der Waals surface area contributed by atoms with Crippen molar-refractivity contribution in [1.82, 2.24) is 0 Å². The van der Waals surface area contributed by atoms with Gasteiger partial charge in [0.2, 0.25) is 0 Å². The summed E-state index contributed by atoms with van der Waals surface area (Å²) in [5.74, 6) is 3.35. The number of Topliss-reactive ketones (excluding diaryl/α,β-unsaturated/α-hetero) is 1. The maximum absolute atomic E-state index is 12.0. The van der Waals surface area contributed by atoms with Crippen LogP contribution in [0.4, 0.5) is 0 Å². The highest BCUT2D eigenvalue weighted by Crippen LogP contribution is 2.62. The van der Waals surface area contributed by atoms with Gasteiger partial charge in [-0.1, -0.05) is 30.3 Å². The SMILES string of the molecule is O=C(CS1(Br)CCSC1)c1ccccc1. The highest BCUT2D eigenvalue weighted by Gasteiger charge is 2.28. The summed E-state index contributed by atoms with van der Waals surface area (Å²) in [5, 5.41) is 1.13. The molecule has 0 spiro atoms. The van der Waals surface area contributed by atoms with Crippen molar-refractivity contribution in [2.24, 2.45) is 0 Å². The molecule has 1 atom stereocenters. The summed E-state index contributed by atoms with van der Waals surface area (Å²) in [6, 6.07) is 9.60. The van der Waals surface area contributed by atoms with Crippen molar-refractivity contribution in [1.29, 1.82) is 0 Å². The van der Waals surface area contributed by atoms with Gasteiger partial charge < -0.3 is 0 Å². The Morgan fingerprint density at radius 2 is 2.13 bits per heavy atom. The van der Waals surface area contributed by atoms with Crippen molar-refractivity contribution in [3.8, 4) is 0 Å². The molecular weight excluding hydrogens is 292 g/mol. The lowest BCUT2D eigenvalue weighted by molar-refractivity contribution is 0.102. The fraction of sp³-hybridized carbons (Fsp3) is 0.364. The topological polar surface area (TPSA) is 17.1 Å². The van der Waals surface area contributed by atoms with Crippen LogP contribution in [0, 0.1) is 0 Å². The van der Waals surface area contributed by atoms with Crippen LogP contribution in [0.15, 0.2) is 30.3 Å². The second-order valence-electron chi connectivity index (χ2n) is 3.60. The third kappa shape index (κ3) is 3.02. The average molecular weight is 305 g/mol. The van der Waals surface area contributed by atoms with Gasteiger partial charge in [0.15, 0.2) is 5.78 Å². The first-order valence-electron chi connectivity index (χ1n) is 4.82. The van der Waals surface area contributed by atoms with E-state index in [9.17, 15) is 4.79 Å². The van der Waals surface area contributed by atoms with Crippen molar-refractivity contribution < 1.29 is 4.79 Å². The molecule has 0 amide bonds. The molecule has 1 aliphatic heterocycles. The van der Waals surface area contributed by atoms with Crippen molar-refractivity contribution in [2.45, 2.75) is 0 Å². The number of hydrogen-bond donors (Lipinski definition) is 0. The van der Waals surface area contributed by atoms with Crippen LogP contribution >= 0.6 is 35.0 Å². The zero-order valence-electron chi connectivity index (χ0n) is 8.32. The number of hydrogen-bond acceptors (Lipinski definition) is 2. The van der Waals surface area contributed by atoms with Gasteiger partial charge in [-0.15, -0.1) is 0 Å². The summed E-state index contributed by atoms with van der Waals surface area (Å²) in [6.07, 6.45) is 0. The molecule has 0 saturated carbocycles. The fourth-order valence-electron chi connectivity index (χ4n) is 1.53. The lowest BCUT2D eigenvalue weighted by Gasteiger charge is -2.25. The highest BCUT2D eigenvalue weighted by molar-refractivity contribution is 9.58. The molecule has 2 rings (SSSR count). The van der Waals surface area contributed by atoms with E-state index < -0.39 is 8.46 Å². The average Bonchev–Trinajstić information content (AvgIpc) is 2.66. The van der Waals surface area contributed by atoms with E-state index in [1.54, 1.807) is 0 Å². The molecule has 1 fully saturated rings. The van der Waals surface area contributed by atoms with Gasteiger partial charge in [0, 0.05) is 16.4 Å². The molecule has 1 nitrogen and oxygen atoms in total. The third-order valence-corrected chi connectivity index (χ3v) is 10.5. The Labute approximate surface area is 104 Å². The monoisotopic (exact) mass is 304 g/mol. The van der Waals surface area contributed by atoms with E-state index in [-0.39, 0.29) is 5.78 Å². The molecule has 0 N–H and O–H groups in total. The molecule has 15 heavy (non-hydrogen) atoms. The second-order valence-corrected chi connectivity index (χ2v) is 12.1. The molecule has 1 saturated heterocycles. The van der Waals surface area contributed by atoms with E-state index in [2.05, 4.69) is 14.8 Å². The van der Waals surface area contributed by atoms with Crippen LogP contribution in [0.3, 0.4) is 0 Å². The molecule has 1 unspecified atom stereocenters. The number of rotatable bonds is 3. The number of benzene rings is 1. The van der Waals surface area contributed by atoms with Crippen LogP contribution in [0.5, 0.6) is 0 Å². The summed E-state index contributed by atoms with van der Waals surface area (Å²) < 4.78 is 0. The fourth-order valence-corrected chi connectivity index (χ4v) is 9.45. The van der Waals surface area contributed by atoms with Crippen molar-refractivity contribution in [3.05, 3.63) is 35.9 Å². The van der Waals surface area contributed by atoms with E-state index in [1.807, 2.05) is 42.1 Å². The van der Waals surface area contributed by atoms with Gasteiger partial charge >= 0.3 is 0 Å². The quantitative estimate of drug-likeness (QED) is 0.792. The number of carbonyl (C=O) groups excluding carboxylic acids is 1. The summed E-state index contributed by atoms with van der Waals surface area (Å²) in [4.78, 5) is 12.0. The number of ketones is 1. The van der Waals surface area contributed by atoms with E-state index in [1.165, 1.54) is 11.5 Å². The summed E-state index contributed by atoms with van der Waals surface area (Å²) in [7, 11) is -0.825. The summed E-state index contributed by atoms with van der Waals surface area (Å²) in [6.45, 7) is 0. The minimum Gasteiger partial charge on any atom is -0.293 e. The van der Waals surface area contributed by atoms with Crippen molar-refractivity contribution in [3.63, 3.8) is 0 Å². The van der Waals surface area contributed by atoms with Crippen LogP contribution in [-0.4, -0.2) is 28.1 Å². The molecule has 82 valence electrons. The molecular formula is C11H13BrOS2. The van der Waals surface area contributed by atoms with Crippen molar-refractivity contribution in [2.75, 3.05) is 22.3 Å². The van der Waals surface area contributed by atoms with Gasteiger partial charge in [-0.05, 0) is 20.6 Å². The molecule has 0 radical (unpaired) electrons. The molecule has 1 aromatic carbocycles. The normalized spacial score (nSPS) is 29.7. The van der Waals surface area contributed by atoms with Gasteiger partial charge in [-0.25, -0.2) is 0 Å². The minimum absolute atomic E-state index is 0.282. The number of halogens is 1. The predicted molar refractivity (Wildman–Crippen MR) is 74.3 cm³/mol. The second kappa shape index (κ2) is 4.93. The molecule has 4 heteroatoms. The lowest BCUT2D eigenvalue weighted by Crippen LogP contribution is -2.11. The molecule has 1 aromatic rings. The highest BCUT2D eigenvalue weighted by atomic mass is 79.9. The van der Waals surface area contributed by atoms with Crippen LogP contribution < -0.4 is 0 Å². The molecule has 0 aromatic heterocycles. The Bertz CT molecular complexity index is 347. The van der Waals surface area contributed by atoms with Gasteiger partial charge in [0.1, 0.15) is 0 Å². The van der Waals surface area contributed by atoms with Gasteiger partial charge in [-0.2, -0.15) is 20.2 Å². The van der Waals surface area contributed by atoms with Crippen LogP contribution in [-0.2, 0) is 0 Å². The van der Waals surface area contributed by atoms with Gasteiger partial charge in [0.05, 0.1) is 5.75 Å². The standard InChI is InChI=1S/C11H13BrOS2/c12-15(7-6-14-9-15)8-11(13)10-4-2-1-3-5-10/h1-5H,6-9H2. The Hall–Kier alpha value is 0.0700. The van der Waals surface area contributed by atoms with Crippen molar-refractivity contribution >= 4 is 40.8 Å². The van der Waals surface area contributed by atoms with Crippen LogP contribution in [0.25, 0.3) is 0 Å². The number of thioether (sulfide) groups is 1. The lowest BCUT2D eigenvalue weighted by atomic mass is 10.2. The first-order valence-corrected chi connectivity index (χ1v) is 9.95. The van der Waals surface area contributed by atoms with E-state index >= 15 is 0 Å². The van der Waals surface area contributed by atoms with Crippen LogP contribution in [0.1, 0.15) is 10.4 Å². The van der Waals surface area contributed by atoms with E-state index in [0.717, 1.165) is 10.6 Å². The molecule has 0 bridgehead atoms. The predicted octanol–water partition coefficient (Wildman–Crippen LogP) is 3.69.